The van der Waals surface area contributed by atoms with Crippen molar-refractivity contribution in [3.63, 3.8) is 0 Å². The lowest BCUT2D eigenvalue weighted by Crippen LogP contribution is -2.38. The molecule has 2 amide bonds. The Morgan fingerprint density at radius 1 is 1.45 bits per heavy atom. The summed E-state index contributed by atoms with van der Waals surface area (Å²) in [4.78, 5) is 26.2. The Kier molecular flexibility index (Phi) is 5.19. The molecule has 0 unspecified atom stereocenters. The molecule has 0 radical (unpaired) electrons. The lowest BCUT2D eigenvalue weighted by atomic mass is 10.1. The number of nitrogens with one attached hydrogen (secondary N) is 1. The molecular weight excluding hydrogens is 280 g/mol. The number of benzene rings is 1. The van der Waals surface area contributed by atoms with Crippen LogP contribution < -0.4 is 5.32 Å². The molecule has 1 aromatic rings. The largest absolute Gasteiger partial charge is 0.383 e. The normalized spacial score (nSPS) is 19.4. The van der Waals surface area contributed by atoms with E-state index in [1.54, 1.807) is 12.0 Å². The smallest absolute Gasteiger partial charge is 0.229 e. The Hall–Kier alpha value is -1.88. The molecule has 0 aliphatic carbocycles. The van der Waals surface area contributed by atoms with Crippen LogP contribution in [0.25, 0.3) is 0 Å². The lowest BCUT2D eigenvalue weighted by molar-refractivity contribution is -0.130. The summed E-state index contributed by atoms with van der Waals surface area (Å²) in [7, 11) is 1.61. The minimum atomic E-state index is -0.299. The number of nitrogens with zero attached hydrogens (tertiary/aromatic N) is 1. The Balaban J connectivity index is 2.02. The van der Waals surface area contributed by atoms with Gasteiger partial charge in [0.15, 0.2) is 0 Å². The highest BCUT2D eigenvalue weighted by molar-refractivity contribution is 5.97. The molecule has 0 spiro atoms. The second kappa shape index (κ2) is 6.92. The van der Waals surface area contributed by atoms with Crippen molar-refractivity contribution in [2.75, 3.05) is 25.6 Å². The molecule has 5 nitrogen and oxygen atoms in total. The summed E-state index contributed by atoms with van der Waals surface area (Å²) in [6.07, 6.45) is 0.269. The second-order valence-electron chi connectivity index (χ2n) is 5.99. The van der Waals surface area contributed by atoms with E-state index in [2.05, 4.69) is 5.32 Å². The van der Waals surface area contributed by atoms with E-state index < -0.39 is 0 Å². The number of carbonyl (C=O) groups excluding carboxylic acids is 2. The molecule has 1 aliphatic heterocycles. The van der Waals surface area contributed by atoms with Crippen molar-refractivity contribution >= 4 is 17.5 Å². The third-order valence-electron chi connectivity index (χ3n) is 4.33. The minimum Gasteiger partial charge on any atom is -0.383 e. The number of likely N-dealkylation sites (tertiary alicyclic amines) is 1. The maximum Gasteiger partial charge on any atom is 0.229 e. The summed E-state index contributed by atoms with van der Waals surface area (Å²) in [6, 6.07) is 5.82. The fraction of sp³-hybridized carbons (Fsp3) is 0.529. The van der Waals surface area contributed by atoms with Crippen LogP contribution in [0.1, 0.15) is 24.5 Å². The van der Waals surface area contributed by atoms with Gasteiger partial charge in [0.2, 0.25) is 11.8 Å². The van der Waals surface area contributed by atoms with E-state index in [0.717, 1.165) is 16.8 Å². The van der Waals surface area contributed by atoms with E-state index in [0.29, 0.717) is 13.2 Å². The van der Waals surface area contributed by atoms with Crippen LogP contribution in [0.5, 0.6) is 0 Å². The van der Waals surface area contributed by atoms with Gasteiger partial charge in [0.05, 0.1) is 18.6 Å². The number of hydrogen-bond acceptors (Lipinski definition) is 3. The standard InChI is InChI=1S/C17H24N2O3/c1-11-6-5-7-15(13(11)3)18-17(21)14-8-16(20)19(9-14)12(2)10-22-4/h5-7,12,14H,8-10H2,1-4H3,(H,18,21)/t12-,14+/m1/s1. The molecule has 0 bridgehead atoms. The minimum absolute atomic E-state index is 0.00370. The fourth-order valence-corrected chi connectivity index (χ4v) is 2.79. The maximum atomic E-state index is 12.4. The average Bonchev–Trinajstić information content (AvgIpc) is 2.86. The van der Waals surface area contributed by atoms with Gasteiger partial charge in [-0.3, -0.25) is 9.59 Å². The topological polar surface area (TPSA) is 58.6 Å². The number of carbonyl (C=O) groups is 2. The van der Waals surface area contributed by atoms with E-state index in [-0.39, 0.29) is 30.2 Å². The van der Waals surface area contributed by atoms with Crippen LogP contribution >= 0.6 is 0 Å². The number of aryl methyl sites for hydroxylation is 1. The number of anilines is 1. The van der Waals surface area contributed by atoms with Crippen molar-refractivity contribution in [2.45, 2.75) is 33.2 Å². The molecule has 2 rings (SSSR count). The van der Waals surface area contributed by atoms with Gasteiger partial charge in [0.1, 0.15) is 0 Å². The highest BCUT2D eigenvalue weighted by Crippen LogP contribution is 2.24. The van der Waals surface area contributed by atoms with Crippen molar-refractivity contribution in [2.24, 2.45) is 5.92 Å². The Labute approximate surface area is 131 Å². The van der Waals surface area contributed by atoms with Gasteiger partial charge < -0.3 is 15.0 Å². The fourth-order valence-electron chi connectivity index (χ4n) is 2.79. The molecule has 120 valence electrons. The summed E-state index contributed by atoms with van der Waals surface area (Å²) < 4.78 is 5.09. The Bertz CT molecular complexity index is 571. The van der Waals surface area contributed by atoms with Crippen LogP contribution in [0.15, 0.2) is 18.2 Å². The summed E-state index contributed by atoms with van der Waals surface area (Å²) >= 11 is 0. The quantitative estimate of drug-likeness (QED) is 0.906. The third kappa shape index (κ3) is 3.47. The van der Waals surface area contributed by atoms with E-state index in [1.165, 1.54) is 0 Å². The second-order valence-corrected chi connectivity index (χ2v) is 5.99. The number of methoxy groups -OCH3 is 1. The number of rotatable bonds is 5. The monoisotopic (exact) mass is 304 g/mol. The molecule has 22 heavy (non-hydrogen) atoms. The first kappa shape index (κ1) is 16.5. The predicted molar refractivity (Wildman–Crippen MR) is 85.7 cm³/mol. The van der Waals surface area contributed by atoms with E-state index in [1.807, 2.05) is 39.0 Å². The van der Waals surface area contributed by atoms with Crippen molar-refractivity contribution < 1.29 is 14.3 Å². The van der Waals surface area contributed by atoms with Crippen molar-refractivity contribution in [1.29, 1.82) is 0 Å². The summed E-state index contributed by atoms with van der Waals surface area (Å²) in [5.74, 6) is -0.369. The molecule has 1 aromatic carbocycles. The van der Waals surface area contributed by atoms with Gasteiger partial charge in [0.25, 0.3) is 0 Å². The van der Waals surface area contributed by atoms with Crippen molar-refractivity contribution in [3.05, 3.63) is 29.3 Å². The molecule has 5 heteroatoms. The van der Waals surface area contributed by atoms with Crippen LogP contribution in [0.4, 0.5) is 5.69 Å². The van der Waals surface area contributed by atoms with Crippen LogP contribution in [0, 0.1) is 19.8 Å². The molecule has 1 aliphatic rings. The van der Waals surface area contributed by atoms with E-state index >= 15 is 0 Å². The maximum absolute atomic E-state index is 12.4. The SMILES string of the molecule is COC[C@@H](C)N1C[C@@H](C(=O)Nc2cccc(C)c2C)CC1=O. The highest BCUT2D eigenvalue weighted by Gasteiger charge is 2.36. The molecular formula is C17H24N2O3. The number of hydrogen-bond donors (Lipinski definition) is 1. The van der Waals surface area contributed by atoms with Crippen LogP contribution in [0.2, 0.25) is 0 Å². The van der Waals surface area contributed by atoms with E-state index in [4.69, 9.17) is 4.74 Å². The molecule has 1 fully saturated rings. The van der Waals surface area contributed by atoms with Gasteiger partial charge in [-0.1, -0.05) is 12.1 Å². The van der Waals surface area contributed by atoms with Crippen LogP contribution in [-0.4, -0.2) is 43.0 Å². The van der Waals surface area contributed by atoms with Gasteiger partial charge >= 0.3 is 0 Å². The first-order chi connectivity index (χ1) is 10.4. The zero-order valence-corrected chi connectivity index (χ0v) is 13.7. The van der Waals surface area contributed by atoms with Crippen LogP contribution in [0.3, 0.4) is 0 Å². The highest BCUT2D eigenvalue weighted by atomic mass is 16.5. The summed E-state index contributed by atoms with van der Waals surface area (Å²) in [5, 5.41) is 2.96. The van der Waals surface area contributed by atoms with Crippen molar-refractivity contribution in [3.8, 4) is 0 Å². The number of ether oxygens (including phenoxy) is 1. The summed E-state index contributed by atoms with van der Waals surface area (Å²) in [6.45, 7) is 6.87. The van der Waals surface area contributed by atoms with Crippen LogP contribution in [-0.2, 0) is 14.3 Å². The van der Waals surface area contributed by atoms with Gasteiger partial charge in [-0.2, -0.15) is 0 Å². The molecule has 0 aromatic heterocycles. The van der Waals surface area contributed by atoms with Gasteiger partial charge in [-0.15, -0.1) is 0 Å². The van der Waals surface area contributed by atoms with Crippen molar-refractivity contribution in [1.82, 2.24) is 4.90 Å². The zero-order chi connectivity index (χ0) is 16.3. The third-order valence-corrected chi connectivity index (χ3v) is 4.33. The molecule has 1 saturated heterocycles. The lowest BCUT2D eigenvalue weighted by Gasteiger charge is -2.24. The molecule has 2 atom stereocenters. The predicted octanol–water partition coefficient (Wildman–Crippen LogP) is 2.13. The Morgan fingerprint density at radius 3 is 2.86 bits per heavy atom. The average molecular weight is 304 g/mol. The molecule has 1 heterocycles. The molecule has 1 N–H and O–H groups in total. The van der Waals surface area contributed by atoms with Gasteiger partial charge in [-0.25, -0.2) is 0 Å². The number of amides is 2. The van der Waals surface area contributed by atoms with Gasteiger partial charge in [-0.05, 0) is 38.0 Å². The van der Waals surface area contributed by atoms with E-state index in [9.17, 15) is 9.59 Å². The Morgan fingerprint density at radius 2 is 2.18 bits per heavy atom. The van der Waals surface area contributed by atoms with Gasteiger partial charge in [0, 0.05) is 25.8 Å². The first-order valence-corrected chi connectivity index (χ1v) is 7.59. The summed E-state index contributed by atoms with van der Waals surface area (Å²) in [5.41, 5.74) is 3.02. The molecule has 0 saturated carbocycles. The zero-order valence-electron chi connectivity index (χ0n) is 13.7. The first-order valence-electron chi connectivity index (χ1n) is 7.59.